The smallest absolute Gasteiger partial charge is 0.237 e. The lowest BCUT2D eigenvalue weighted by molar-refractivity contribution is -0.126. The van der Waals surface area contributed by atoms with Crippen LogP contribution in [-0.4, -0.2) is 42.7 Å². The van der Waals surface area contributed by atoms with E-state index in [9.17, 15) is 9.90 Å². The Hall–Kier alpha value is -0.890. The number of hydrogen-bond donors (Lipinski definition) is 1. The number of aromatic nitrogens is 1. The number of ether oxygens (including phenoxy) is 3. The minimum absolute atomic E-state index is 0.0473. The number of hydrogen-bond acceptors (Lipinski definition) is 5. The number of nitrogens with zero attached hydrogens (tertiary/aromatic N) is 1. The van der Waals surface area contributed by atoms with Gasteiger partial charge in [-0.15, -0.1) is 0 Å². The zero-order chi connectivity index (χ0) is 17.6. The molecular weight excluding hydrogens is 378 g/mol. The fraction of sp³-hybridized carbons (Fsp3) is 0.706. The number of halogens is 1. The molecule has 2 aliphatic rings. The first-order chi connectivity index (χ1) is 11.3. The quantitative estimate of drug-likeness (QED) is 0.838. The van der Waals surface area contributed by atoms with Crippen LogP contribution in [0.4, 0.5) is 0 Å². The third kappa shape index (κ3) is 2.53. The summed E-state index contributed by atoms with van der Waals surface area (Å²) in [7, 11) is 3.10. The van der Waals surface area contributed by atoms with Crippen molar-refractivity contribution in [2.45, 2.75) is 51.0 Å². The highest BCUT2D eigenvalue weighted by molar-refractivity contribution is 9.10. The number of rotatable bonds is 4. The van der Waals surface area contributed by atoms with Gasteiger partial charge in [0.1, 0.15) is 6.10 Å². The molecule has 1 fully saturated rings. The lowest BCUT2D eigenvalue weighted by atomic mass is 9.69. The fourth-order valence-corrected chi connectivity index (χ4v) is 4.51. The lowest BCUT2D eigenvalue weighted by Gasteiger charge is -2.47. The normalized spacial score (nSPS) is 34.8. The zero-order valence-electron chi connectivity index (χ0n) is 14.4. The molecule has 1 N–H and O–H groups in total. The van der Waals surface area contributed by atoms with Crippen LogP contribution >= 0.6 is 15.9 Å². The SMILES string of the molecule is COCCC1(C)C(O)c2c(OC)c(=O)c(Br)cn2C2CC(C)OC21. The molecule has 0 radical (unpaired) electrons. The average molecular weight is 402 g/mol. The standard InChI is InChI=1S/C17H24BrNO5/c1-9-7-11-16(24-9)17(2,5-6-22-3)15(21)12-14(23-4)13(20)10(18)8-19(11)12/h8-9,11,15-16,21H,5-7H2,1-4H3. The van der Waals surface area contributed by atoms with Gasteiger partial charge in [-0.1, -0.05) is 6.92 Å². The summed E-state index contributed by atoms with van der Waals surface area (Å²) in [4.78, 5) is 12.4. The maximum atomic E-state index is 12.4. The molecule has 0 spiro atoms. The minimum Gasteiger partial charge on any atom is -0.491 e. The Bertz CT molecular complexity index is 690. The number of fused-ring (bicyclic) bond motifs is 3. The molecule has 6 nitrogen and oxygen atoms in total. The van der Waals surface area contributed by atoms with E-state index in [2.05, 4.69) is 15.9 Å². The van der Waals surface area contributed by atoms with Crippen molar-refractivity contribution in [2.24, 2.45) is 5.41 Å². The topological polar surface area (TPSA) is 69.9 Å². The molecule has 0 bridgehead atoms. The summed E-state index contributed by atoms with van der Waals surface area (Å²) in [6.45, 7) is 4.55. The van der Waals surface area contributed by atoms with Gasteiger partial charge in [-0.25, -0.2) is 0 Å². The Balaban J connectivity index is 2.22. The van der Waals surface area contributed by atoms with Crippen molar-refractivity contribution in [3.05, 3.63) is 26.6 Å². The monoisotopic (exact) mass is 401 g/mol. The Morgan fingerprint density at radius 2 is 2.21 bits per heavy atom. The van der Waals surface area contributed by atoms with Crippen molar-refractivity contribution in [3.63, 3.8) is 0 Å². The third-order valence-corrected chi connectivity index (χ3v) is 5.99. The van der Waals surface area contributed by atoms with Gasteiger partial charge in [0.05, 0.1) is 35.5 Å². The molecule has 5 atom stereocenters. The van der Waals surface area contributed by atoms with E-state index >= 15 is 0 Å². The first kappa shape index (κ1) is 17.9. The number of methoxy groups -OCH3 is 2. The van der Waals surface area contributed by atoms with Crippen LogP contribution in [0.1, 0.15) is 44.5 Å². The molecule has 5 unspecified atom stereocenters. The maximum Gasteiger partial charge on any atom is 0.237 e. The van der Waals surface area contributed by atoms with E-state index in [1.165, 1.54) is 7.11 Å². The van der Waals surface area contributed by atoms with Gasteiger partial charge in [-0.2, -0.15) is 0 Å². The van der Waals surface area contributed by atoms with Crippen LogP contribution in [0.15, 0.2) is 15.5 Å². The summed E-state index contributed by atoms with van der Waals surface area (Å²) in [6.07, 6.45) is 2.26. The largest absolute Gasteiger partial charge is 0.491 e. The summed E-state index contributed by atoms with van der Waals surface area (Å²) >= 11 is 3.31. The van der Waals surface area contributed by atoms with Crippen LogP contribution in [0.25, 0.3) is 0 Å². The second-order valence-electron chi connectivity index (χ2n) is 6.95. The molecule has 2 aliphatic heterocycles. The predicted octanol–water partition coefficient (Wildman–Crippen LogP) is 2.43. The summed E-state index contributed by atoms with van der Waals surface area (Å²) in [5.41, 5.74) is -0.274. The second kappa shape index (κ2) is 6.44. The fourth-order valence-electron chi connectivity index (χ4n) is 4.11. The van der Waals surface area contributed by atoms with Gasteiger partial charge in [0.25, 0.3) is 0 Å². The Morgan fingerprint density at radius 3 is 2.83 bits per heavy atom. The highest BCUT2D eigenvalue weighted by atomic mass is 79.9. The zero-order valence-corrected chi connectivity index (χ0v) is 16.0. The van der Waals surface area contributed by atoms with Crippen molar-refractivity contribution in [2.75, 3.05) is 20.8 Å². The van der Waals surface area contributed by atoms with E-state index in [1.807, 2.05) is 18.4 Å². The summed E-state index contributed by atoms with van der Waals surface area (Å²) in [5, 5.41) is 11.2. The second-order valence-corrected chi connectivity index (χ2v) is 7.81. The van der Waals surface area contributed by atoms with Crippen LogP contribution in [-0.2, 0) is 9.47 Å². The highest BCUT2D eigenvalue weighted by Crippen LogP contribution is 2.55. The van der Waals surface area contributed by atoms with E-state index in [-0.39, 0.29) is 29.4 Å². The van der Waals surface area contributed by atoms with Crippen LogP contribution in [0, 0.1) is 5.41 Å². The van der Waals surface area contributed by atoms with Crippen molar-refractivity contribution >= 4 is 15.9 Å². The summed E-state index contributed by atoms with van der Waals surface area (Å²) in [5.74, 6) is 0.193. The lowest BCUT2D eigenvalue weighted by Crippen LogP contribution is -2.49. The molecule has 0 aromatic carbocycles. The number of pyridine rings is 1. The highest BCUT2D eigenvalue weighted by Gasteiger charge is 2.55. The predicted molar refractivity (Wildman–Crippen MR) is 92.5 cm³/mol. The molecule has 7 heteroatoms. The molecule has 134 valence electrons. The first-order valence-electron chi connectivity index (χ1n) is 8.16. The van der Waals surface area contributed by atoms with Crippen LogP contribution < -0.4 is 10.2 Å². The molecule has 3 rings (SSSR count). The van der Waals surface area contributed by atoms with Crippen LogP contribution in [0.5, 0.6) is 5.75 Å². The molecule has 1 saturated heterocycles. The molecule has 1 aromatic heterocycles. The third-order valence-electron chi connectivity index (χ3n) is 5.43. The molecule has 0 aliphatic carbocycles. The van der Waals surface area contributed by atoms with Crippen molar-refractivity contribution in [1.82, 2.24) is 4.57 Å². The number of aliphatic hydroxyl groups excluding tert-OH is 1. The molecule has 0 saturated carbocycles. The van der Waals surface area contributed by atoms with Gasteiger partial charge >= 0.3 is 0 Å². The molecule has 24 heavy (non-hydrogen) atoms. The van der Waals surface area contributed by atoms with E-state index in [4.69, 9.17) is 14.2 Å². The number of aliphatic hydroxyl groups is 1. The van der Waals surface area contributed by atoms with Crippen LogP contribution in [0.3, 0.4) is 0 Å². The van der Waals surface area contributed by atoms with Gasteiger partial charge in [0.2, 0.25) is 5.43 Å². The van der Waals surface area contributed by atoms with E-state index in [1.54, 1.807) is 13.3 Å². The van der Waals surface area contributed by atoms with Crippen LogP contribution in [0.2, 0.25) is 0 Å². The molecular formula is C17H24BrNO5. The van der Waals surface area contributed by atoms with Gasteiger partial charge in [-0.05, 0) is 35.7 Å². The Kier molecular flexibility index (Phi) is 4.81. The van der Waals surface area contributed by atoms with Gasteiger partial charge in [0.15, 0.2) is 5.75 Å². The average Bonchev–Trinajstić information content (AvgIpc) is 2.95. The van der Waals surface area contributed by atoms with E-state index < -0.39 is 11.5 Å². The van der Waals surface area contributed by atoms with E-state index in [0.717, 1.165) is 6.42 Å². The molecule has 1 aromatic rings. The van der Waals surface area contributed by atoms with E-state index in [0.29, 0.717) is 23.2 Å². The summed E-state index contributed by atoms with van der Waals surface area (Å²) < 4.78 is 19.2. The van der Waals surface area contributed by atoms with Crippen molar-refractivity contribution in [3.8, 4) is 5.75 Å². The maximum absolute atomic E-state index is 12.4. The molecule has 3 heterocycles. The van der Waals surface area contributed by atoms with Crippen molar-refractivity contribution in [1.29, 1.82) is 0 Å². The van der Waals surface area contributed by atoms with Gasteiger partial charge in [0, 0.05) is 25.3 Å². The molecule has 0 amide bonds. The summed E-state index contributed by atoms with van der Waals surface area (Å²) in [6, 6.07) is 0.0473. The van der Waals surface area contributed by atoms with Gasteiger partial charge in [-0.3, -0.25) is 4.79 Å². The minimum atomic E-state index is -0.880. The Labute approximate surface area is 149 Å². The Morgan fingerprint density at radius 1 is 1.50 bits per heavy atom. The first-order valence-corrected chi connectivity index (χ1v) is 8.95. The van der Waals surface area contributed by atoms with Crippen molar-refractivity contribution < 1.29 is 19.3 Å². The van der Waals surface area contributed by atoms with Gasteiger partial charge < -0.3 is 23.9 Å².